The van der Waals surface area contributed by atoms with Gasteiger partial charge in [-0.3, -0.25) is 4.98 Å². The lowest BCUT2D eigenvalue weighted by Gasteiger charge is -2.34. The molecule has 0 aliphatic heterocycles. The molecule has 4 heteroatoms. The molecule has 0 amide bonds. The number of hydrogen-bond acceptors (Lipinski definition) is 4. The van der Waals surface area contributed by atoms with Gasteiger partial charge in [-0.05, 0) is 36.8 Å². The van der Waals surface area contributed by atoms with Crippen LogP contribution < -0.4 is 4.74 Å². The van der Waals surface area contributed by atoms with Crippen molar-refractivity contribution in [3.8, 4) is 5.75 Å². The van der Waals surface area contributed by atoms with Crippen LogP contribution in [-0.4, -0.2) is 38.0 Å². The first-order valence-corrected chi connectivity index (χ1v) is 10.2. The maximum atomic E-state index is 5.88. The maximum absolute atomic E-state index is 5.88. The van der Waals surface area contributed by atoms with E-state index in [1.807, 2.05) is 40.0 Å². The van der Waals surface area contributed by atoms with Gasteiger partial charge in [0.2, 0.25) is 0 Å². The second kappa shape index (κ2) is 15.0. The van der Waals surface area contributed by atoms with Crippen LogP contribution >= 0.6 is 0 Å². The molecule has 0 aromatic carbocycles. The Morgan fingerprint density at radius 3 is 2.15 bits per heavy atom. The Morgan fingerprint density at radius 1 is 1.00 bits per heavy atom. The van der Waals surface area contributed by atoms with Gasteiger partial charge in [-0.2, -0.15) is 0 Å². The molecule has 1 fully saturated rings. The SMILES string of the molecule is CC.CC.COCC(C)CC(C)Cc1ccc(OC2CC(OC)C2)cn1. The summed E-state index contributed by atoms with van der Waals surface area (Å²) < 4.78 is 16.3. The molecular formula is C22H41NO3. The van der Waals surface area contributed by atoms with E-state index < -0.39 is 0 Å². The zero-order valence-electron chi connectivity index (χ0n) is 18.2. The van der Waals surface area contributed by atoms with Crippen molar-refractivity contribution in [2.45, 2.75) is 79.4 Å². The minimum atomic E-state index is 0.284. The molecule has 0 N–H and O–H groups in total. The summed E-state index contributed by atoms with van der Waals surface area (Å²) in [5, 5.41) is 0. The predicted octanol–water partition coefficient (Wildman–Crippen LogP) is 5.54. The van der Waals surface area contributed by atoms with Gasteiger partial charge in [0, 0.05) is 39.4 Å². The fourth-order valence-electron chi connectivity index (χ4n) is 3.08. The molecule has 4 nitrogen and oxygen atoms in total. The summed E-state index contributed by atoms with van der Waals surface area (Å²) in [5.74, 6) is 2.07. The summed E-state index contributed by atoms with van der Waals surface area (Å²) in [6, 6.07) is 4.12. The quantitative estimate of drug-likeness (QED) is 0.574. The van der Waals surface area contributed by atoms with E-state index in [1.165, 1.54) is 0 Å². The van der Waals surface area contributed by atoms with E-state index in [2.05, 4.69) is 24.9 Å². The molecule has 1 heterocycles. The highest BCUT2D eigenvalue weighted by Crippen LogP contribution is 2.27. The first kappa shape index (κ1) is 24.9. The highest BCUT2D eigenvalue weighted by Gasteiger charge is 2.30. The van der Waals surface area contributed by atoms with Crippen molar-refractivity contribution in [2.75, 3.05) is 20.8 Å². The summed E-state index contributed by atoms with van der Waals surface area (Å²) in [6.07, 6.45) is 6.62. The minimum Gasteiger partial charge on any atom is -0.489 e. The fourth-order valence-corrected chi connectivity index (χ4v) is 3.08. The van der Waals surface area contributed by atoms with Gasteiger partial charge in [0.1, 0.15) is 11.9 Å². The van der Waals surface area contributed by atoms with Crippen molar-refractivity contribution in [1.82, 2.24) is 4.98 Å². The number of methoxy groups -OCH3 is 2. The van der Waals surface area contributed by atoms with Crippen molar-refractivity contribution >= 4 is 0 Å². The summed E-state index contributed by atoms with van der Waals surface area (Å²) in [7, 11) is 3.52. The van der Waals surface area contributed by atoms with Crippen LogP contribution in [0.5, 0.6) is 5.75 Å². The fraction of sp³-hybridized carbons (Fsp3) is 0.773. The second-order valence-corrected chi connectivity index (χ2v) is 6.66. The first-order chi connectivity index (χ1) is 12.6. The lowest BCUT2D eigenvalue weighted by molar-refractivity contribution is -0.0382. The number of aromatic nitrogens is 1. The number of rotatable bonds is 9. The normalized spacial score (nSPS) is 20.5. The molecule has 1 aliphatic carbocycles. The van der Waals surface area contributed by atoms with Gasteiger partial charge in [0.05, 0.1) is 12.3 Å². The minimum absolute atomic E-state index is 0.284. The Balaban J connectivity index is 0.00000146. The Hall–Kier alpha value is -1.13. The second-order valence-electron chi connectivity index (χ2n) is 6.66. The number of pyridine rings is 1. The number of hydrogen-bond donors (Lipinski definition) is 0. The molecule has 1 aromatic heterocycles. The molecule has 152 valence electrons. The van der Waals surface area contributed by atoms with Crippen molar-refractivity contribution in [3.05, 3.63) is 24.0 Å². The molecule has 2 unspecified atom stereocenters. The Labute approximate surface area is 161 Å². The summed E-state index contributed by atoms with van der Waals surface area (Å²) in [5.41, 5.74) is 1.13. The van der Waals surface area contributed by atoms with Crippen LogP contribution in [0, 0.1) is 11.8 Å². The topological polar surface area (TPSA) is 40.6 Å². The van der Waals surface area contributed by atoms with Gasteiger partial charge in [-0.15, -0.1) is 0 Å². The van der Waals surface area contributed by atoms with Crippen molar-refractivity contribution < 1.29 is 14.2 Å². The van der Waals surface area contributed by atoms with Crippen LogP contribution in [0.25, 0.3) is 0 Å². The summed E-state index contributed by atoms with van der Waals surface area (Å²) >= 11 is 0. The molecule has 0 bridgehead atoms. The van der Waals surface area contributed by atoms with Crippen molar-refractivity contribution in [1.29, 1.82) is 0 Å². The van der Waals surface area contributed by atoms with Crippen molar-refractivity contribution in [3.63, 3.8) is 0 Å². The number of nitrogens with zero attached hydrogens (tertiary/aromatic N) is 1. The van der Waals surface area contributed by atoms with Gasteiger partial charge in [-0.25, -0.2) is 0 Å². The third-order valence-electron chi connectivity index (χ3n) is 4.30. The largest absolute Gasteiger partial charge is 0.489 e. The molecule has 0 saturated heterocycles. The maximum Gasteiger partial charge on any atom is 0.138 e. The van der Waals surface area contributed by atoms with Crippen LogP contribution in [0.15, 0.2) is 18.3 Å². The van der Waals surface area contributed by atoms with Gasteiger partial charge < -0.3 is 14.2 Å². The lowest BCUT2D eigenvalue weighted by atomic mass is 9.92. The van der Waals surface area contributed by atoms with E-state index in [0.717, 1.165) is 43.7 Å². The highest BCUT2D eigenvalue weighted by atomic mass is 16.5. The van der Waals surface area contributed by atoms with Gasteiger partial charge in [-0.1, -0.05) is 41.5 Å². The molecule has 1 saturated carbocycles. The van der Waals surface area contributed by atoms with Crippen LogP contribution in [0.2, 0.25) is 0 Å². The standard InChI is InChI=1S/C18H29NO3.2C2H6/c1-13(7-14(2)12-20-3)8-15-5-6-16(11-19-15)22-18-9-17(10-18)21-4;2*1-2/h5-6,11,13-14,17-18H,7-10,12H2,1-4H3;2*1-2H3. The van der Waals surface area contributed by atoms with Crippen molar-refractivity contribution in [2.24, 2.45) is 11.8 Å². The average molecular weight is 368 g/mol. The summed E-state index contributed by atoms with van der Waals surface area (Å²) in [6.45, 7) is 13.3. The molecular weight excluding hydrogens is 326 g/mol. The molecule has 2 atom stereocenters. The molecule has 0 radical (unpaired) electrons. The lowest BCUT2D eigenvalue weighted by Crippen LogP contribution is -2.38. The van der Waals surface area contributed by atoms with Gasteiger partial charge in [0.25, 0.3) is 0 Å². The molecule has 0 spiro atoms. The smallest absolute Gasteiger partial charge is 0.138 e. The van der Waals surface area contributed by atoms with E-state index in [1.54, 1.807) is 14.2 Å². The van der Waals surface area contributed by atoms with E-state index in [9.17, 15) is 0 Å². The van der Waals surface area contributed by atoms with E-state index in [-0.39, 0.29) is 6.10 Å². The van der Waals surface area contributed by atoms with E-state index in [0.29, 0.717) is 17.9 Å². The predicted molar refractivity (Wildman–Crippen MR) is 110 cm³/mol. The van der Waals surface area contributed by atoms with E-state index >= 15 is 0 Å². The van der Waals surface area contributed by atoms with Crippen LogP contribution in [0.1, 0.15) is 66.5 Å². The zero-order chi connectivity index (χ0) is 19.9. The van der Waals surface area contributed by atoms with Crippen LogP contribution in [0.3, 0.4) is 0 Å². The third kappa shape index (κ3) is 9.54. The van der Waals surface area contributed by atoms with Crippen LogP contribution in [0.4, 0.5) is 0 Å². The zero-order valence-corrected chi connectivity index (χ0v) is 18.2. The highest BCUT2D eigenvalue weighted by molar-refractivity contribution is 5.20. The first-order valence-electron chi connectivity index (χ1n) is 10.2. The Bertz CT molecular complexity index is 430. The monoisotopic (exact) mass is 367 g/mol. The average Bonchev–Trinajstić information content (AvgIpc) is 2.62. The Morgan fingerprint density at radius 2 is 1.65 bits per heavy atom. The van der Waals surface area contributed by atoms with Crippen LogP contribution in [-0.2, 0) is 15.9 Å². The van der Waals surface area contributed by atoms with Gasteiger partial charge in [0.15, 0.2) is 0 Å². The molecule has 1 aliphatic rings. The molecule has 1 aromatic rings. The van der Waals surface area contributed by atoms with Gasteiger partial charge >= 0.3 is 0 Å². The Kier molecular flexibility index (Phi) is 14.3. The third-order valence-corrected chi connectivity index (χ3v) is 4.30. The number of ether oxygens (including phenoxy) is 3. The molecule has 2 rings (SSSR count). The molecule has 26 heavy (non-hydrogen) atoms. The van der Waals surface area contributed by atoms with E-state index in [4.69, 9.17) is 14.2 Å². The summed E-state index contributed by atoms with van der Waals surface area (Å²) in [4.78, 5) is 4.54.